The first kappa shape index (κ1) is 14.8. The van der Waals surface area contributed by atoms with E-state index in [0.717, 1.165) is 6.92 Å². The van der Waals surface area contributed by atoms with Crippen LogP contribution in [-0.2, 0) is 19.1 Å². The summed E-state index contributed by atoms with van der Waals surface area (Å²) in [6, 6.07) is -1.09. The van der Waals surface area contributed by atoms with Crippen molar-refractivity contribution >= 4 is 11.9 Å². The number of carbonyl (C=O) groups is 2. The smallest absolute Gasteiger partial charge is 0.303 e. The molecule has 0 aromatic heterocycles. The fraction of sp³-hybridized carbons (Fsp3) is 0.800. The molecule has 1 fully saturated rings. The zero-order valence-electron chi connectivity index (χ0n) is 10.1. The second kappa shape index (κ2) is 6.10. The van der Waals surface area contributed by atoms with Gasteiger partial charge in [-0.2, -0.15) is 0 Å². The summed E-state index contributed by atoms with van der Waals surface area (Å²) in [5, 5.41) is 30.8. The molecule has 0 saturated carbocycles. The average Bonchev–Trinajstić information content (AvgIpc) is 2.27. The van der Waals surface area contributed by atoms with E-state index in [1.807, 2.05) is 0 Å². The van der Waals surface area contributed by atoms with Gasteiger partial charge in [-0.15, -0.1) is 0 Å². The number of rotatable bonds is 3. The third-order valence-corrected chi connectivity index (χ3v) is 2.54. The average molecular weight is 263 g/mol. The number of nitrogens with one attached hydrogen (secondary N) is 1. The molecule has 1 saturated heterocycles. The Hall–Kier alpha value is -1.22. The molecule has 0 aromatic carbocycles. The van der Waals surface area contributed by atoms with Gasteiger partial charge < -0.3 is 30.1 Å². The van der Waals surface area contributed by atoms with Crippen LogP contribution >= 0.6 is 0 Å². The van der Waals surface area contributed by atoms with Gasteiger partial charge in [0.25, 0.3) is 0 Å². The molecule has 0 aliphatic carbocycles. The van der Waals surface area contributed by atoms with E-state index in [9.17, 15) is 19.8 Å². The van der Waals surface area contributed by atoms with Crippen molar-refractivity contribution in [3.8, 4) is 0 Å². The lowest BCUT2D eigenvalue weighted by molar-refractivity contribution is -0.258. The molecule has 1 rings (SSSR count). The first-order chi connectivity index (χ1) is 8.36. The third-order valence-electron chi connectivity index (χ3n) is 2.54. The molecule has 18 heavy (non-hydrogen) atoms. The van der Waals surface area contributed by atoms with Crippen molar-refractivity contribution in [2.24, 2.45) is 0 Å². The Morgan fingerprint density at radius 1 is 1.33 bits per heavy atom. The predicted molar refractivity (Wildman–Crippen MR) is 57.1 cm³/mol. The molecule has 0 radical (unpaired) electrons. The molecule has 104 valence electrons. The van der Waals surface area contributed by atoms with E-state index in [1.165, 1.54) is 6.92 Å². The van der Waals surface area contributed by atoms with Crippen molar-refractivity contribution in [1.82, 2.24) is 5.32 Å². The van der Waals surface area contributed by atoms with Crippen molar-refractivity contribution in [3.05, 3.63) is 0 Å². The summed E-state index contributed by atoms with van der Waals surface area (Å²) in [5.74, 6) is -1.16. The minimum atomic E-state index is -1.49. The molecule has 0 aromatic rings. The number of aliphatic hydroxyl groups excluding tert-OH is 3. The van der Waals surface area contributed by atoms with Gasteiger partial charge in [0.2, 0.25) is 5.91 Å². The minimum absolute atomic E-state index is 0.477. The highest BCUT2D eigenvalue weighted by atomic mass is 16.6. The van der Waals surface area contributed by atoms with Crippen LogP contribution in [0.2, 0.25) is 0 Å². The summed E-state index contributed by atoms with van der Waals surface area (Å²) in [7, 11) is 0. The number of carbonyl (C=O) groups excluding carboxylic acids is 2. The molecule has 1 amide bonds. The molecular weight excluding hydrogens is 246 g/mol. The summed E-state index contributed by atoms with van der Waals surface area (Å²) in [4.78, 5) is 22.0. The highest BCUT2D eigenvalue weighted by molar-refractivity contribution is 5.73. The molecule has 1 aliphatic rings. The third kappa shape index (κ3) is 3.39. The quantitative estimate of drug-likeness (QED) is 0.414. The largest absolute Gasteiger partial charge is 0.457 e. The van der Waals surface area contributed by atoms with Crippen LogP contribution in [0.3, 0.4) is 0 Å². The number of hydrogen-bond donors (Lipinski definition) is 4. The van der Waals surface area contributed by atoms with Crippen LogP contribution in [0.5, 0.6) is 0 Å². The van der Waals surface area contributed by atoms with Crippen molar-refractivity contribution in [2.75, 3.05) is 6.61 Å². The summed E-state index contributed by atoms with van der Waals surface area (Å²) in [6.07, 6.45) is -5.11. The summed E-state index contributed by atoms with van der Waals surface area (Å²) in [6.45, 7) is 1.79. The van der Waals surface area contributed by atoms with Gasteiger partial charge in [-0.3, -0.25) is 9.59 Å². The van der Waals surface area contributed by atoms with Crippen molar-refractivity contribution in [1.29, 1.82) is 0 Å². The van der Waals surface area contributed by atoms with Crippen LogP contribution in [0.15, 0.2) is 0 Å². The van der Waals surface area contributed by atoms with Gasteiger partial charge in [-0.25, -0.2) is 0 Å². The van der Waals surface area contributed by atoms with E-state index < -0.39 is 49.1 Å². The van der Waals surface area contributed by atoms with Crippen LogP contribution in [0.1, 0.15) is 13.8 Å². The first-order valence-electron chi connectivity index (χ1n) is 5.43. The number of hydrogen-bond acceptors (Lipinski definition) is 7. The van der Waals surface area contributed by atoms with Gasteiger partial charge in [-0.05, 0) is 0 Å². The Morgan fingerprint density at radius 3 is 2.39 bits per heavy atom. The van der Waals surface area contributed by atoms with Gasteiger partial charge in [0.1, 0.15) is 18.2 Å². The van der Waals surface area contributed by atoms with Gasteiger partial charge >= 0.3 is 5.97 Å². The van der Waals surface area contributed by atoms with Gasteiger partial charge in [0.05, 0.1) is 6.61 Å². The molecular formula is C10H17NO7. The van der Waals surface area contributed by atoms with E-state index in [1.54, 1.807) is 0 Å². The van der Waals surface area contributed by atoms with Gasteiger partial charge in [0.15, 0.2) is 12.4 Å². The van der Waals surface area contributed by atoms with Crippen molar-refractivity contribution in [2.45, 2.75) is 44.5 Å². The number of esters is 1. The zero-order valence-corrected chi connectivity index (χ0v) is 10.1. The monoisotopic (exact) mass is 263 g/mol. The molecule has 8 nitrogen and oxygen atoms in total. The highest BCUT2D eigenvalue weighted by Crippen LogP contribution is 2.22. The van der Waals surface area contributed by atoms with Crippen molar-refractivity contribution in [3.63, 3.8) is 0 Å². The van der Waals surface area contributed by atoms with Crippen LogP contribution in [0.4, 0.5) is 0 Å². The predicted octanol–water partition coefficient (Wildman–Crippen LogP) is -2.51. The number of ether oxygens (including phenoxy) is 2. The molecule has 1 aliphatic heterocycles. The fourth-order valence-corrected chi connectivity index (χ4v) is 1.80. The fourth-order valence-electron chi connectivity index (χ4n) is 1.80. The van der Waals surface area contributed by atoms with Gasteiger partial charge in [0, 0.05) is 13.8 Å². The normalized spacial score (nSPS) is 35.9. The summed E-state index contributed by atoms with van der Waals surface area (Å²) >= 11 is 0. The topological polar surface area (TPSA) is 125 Å². The summed E-state index contributed by atoms with van der Waals surface area (Å²) < 4.78 is 9.79. The second-order valence-corrected chi connectivity index (χ2v) is 4.04. The lowest BCUT2D eigenvalue weighted by Crippen LogP contribution is -2.65. The van der Waals surface area contributed by atoms with E-state index in [0.29, 0.717) is 0 Å². The maximum Gasteiger partial charge on any atom is 0.303 e. The SMILES string of the molecule is CC(=O)N[C@@H]1[C@@H](OC(C)=O)[C@@H](O)[C@@H](CO)O[C@@H]1O. The molecule has 0 unspecified atom stereocenters. The Labute approximate surface area is 104 Å². The Balaban J connectivity index is 2.89. The van der Waals surface area contributed by atoms with E-state index in [-0.39, 0.29) is 0 Å². The number of amides is 1. The maximum absolute atomic E-state index is 11.0. The van der Waals surface area contributed by atoms with Gasteiger partial charge in [-0.1, -0.05) is 0 Å². The molecule has 5 atom stereocenters. The molecule has 0 bridgehead atoms. The lowest BCUT2D eigenvalue weighted by atomic mass is 9.96. The standard InChI is InChI=1S/C10H17NO7/c1-4(13)11-7-9(17-5(2)14)8(15)6(3-12)18-10(7)16/h6-10,12,15-16H,3H2,1-2H3,(H,11,13)/t6-,7-,8+,9-,10+/m1/s1. The van der Waals surface area contributed by atoms with E-state index in [2.05, 4.69) is 5.32 Å². The molecule has 8 heteroatoms. The summed E-state index contributed by atoms with van der Waals surface area (Å²) in [5.41, 5.74) is 0. The van der Waals surface area contributed by atoms with Crippen molar-refractivity contribution < 1.29 is 34.4 Å². The van der Waals surface area contributed by atoms with Crippen LogP contribution < -0.4 is 5.32 Å². The van der Waals surface area contributed by atoms with Crippen LogP contribution in [-0.4, -0.2) is 64.4 Å². The maximum atomic E-state index is 11.0. The van der Waals surface area contributed by atoms with Crippen LogP contribution in [0, 0.1) is 0 Å². The molecule has 4 N–H and O–H groups in total. The van der Waals surface area contributed by atoms with E-state index >= 15 is 0 Å². The minimum Gasteiger partial charge on any atom is -0.457 e. The Bertz CT molecular complexity index is 321. The molecule has 1 heterocycles. The van der Waals surface area contributed by atoms with E-state index in [4.69, 9.17) is 14.6 Å². The highest BCUT2D eigenvalue weighted by Gasteiger charge is 2.46. The first-order valence-corrected chi connectivity index (χ1v) is 5.43. The molecule has 0 spiro atoms. The Morgan fingerprint density at radius 2 is 1.94 bits per heavy atom. The number of aliphatic hydroxyl groups is 3. The second-order valence-electron chi connectivity index (χ2n) is 4.04. The zero-order chi connectivity index (χ0) is 13.9. The Kier molecular flexibility index (Phi) is 5.03. The lowest BCUT2D eigenvalue weighted by Gasteiger charge is -2.41. The van der Waals surface area contributed by atoms with Crippen LogP contribution in [0.25, 0.3) is 0 Å².